The third-order valence-corrected chi connectivity index (χ3v) is 10.9. The van der Waals surface area contributed by atoms with Gasteiger partial charge in [0.1, 0.15) is 21.6 Å². The van der Waals surface area contributed by atoms with Gasteiger partial charge in [0.2, 0.25) is 0 Å². The number of benzene rings is 5. The van der Waals surface area contributed by atoms with Gasteiger partial charge in [-0.1, -0.05) is 84.2 Å². The summed E-state index contributed by atoms with van der Waals surface area (Å²) in [6.07, 6.45) is 5.44. The number of nitrogens with zero attached hydrogens (tertiary/aromatic N) is 3. The Morgan fingerprint density at radius 1 is 0.462 bits per heavy atom. The maximum atomic E-state index is 6.02. The molecule has 0 radical (unpaired) electrons. The largest absolute Gasteiger partial charge is 0.453 e. The zero-order valence-electron chi connectivity index (χ0n) is 27.8. The molecule has 0 bridgehead atoms. The van der Waals surface area contributed by atoms with Gasteiger partial charge in [-0.15, -0.1) is 0 Å². The number of hydrogen-bond donors (Lipinski definition) is 2. The molecule has 8 aromatic rings. The van der Waals surface area contributed by atoms with Crippen LogP contribution in [0.1, 0.15) is 11.1 Å². The van der Waals surface area contributed by atoms with Gasteiger partial charge in [-0.05, 0) is 82.6 Å². The second kappa shape index (κ2) is 14.3. The van der Waals surface area contributed by atoms with Gasteiger partial charge < -0.3 is 20.1 Å². The number of hydrogen-bond acceptors (Lipinski definition) is 9. The Labute approximate surface area is 309 Å². The Bertz CT molecular complexity index is 2390. The number of aromatic nitrogens is 3. The van der Waals surface area contributed by atoms with Crippen molar-refractivity contribution < 1.29 is 9.47 Å². The quantitative estimate of drug-likeness (QED) is 0.175. The molecule has 2 N–H and O–H groups in total. The van der Waals surface area contributed by atoms with Crippen LogP contribution in [-0.2, 0) is 13.1 Å². The number of anilines is 2. The van der Waals surface area contributed by atoms with E-state index in [1.54, 1.807) is 35.9 Å². The average molecular weight is 714 g/mol. The van der Waals surface area contributed by atoms with Gasteiger partial charge >= 0.3 is 0 Å². The van der Waals surface area contributed by atoms with Crippen molar-refractivity contribution in [2.75, 3.05) is 10.6 Å². The van der Waals surface area contributed by atoms with E-state index in [2.05, 4.69) is 111 Å². The van der Waals surface area contributed by atoms with Gasteiger partial charge in [0.05, 0.1) is 15.3 Å². The lowest BCUT2D eigenvalue weighted by molar-refractivity contribution is 0.449. The van der Waals surface area contributed by atoms with Crippen molar-refractivity contribution in [3.63, 3.8) is 0 Å². The molecular formula is C43H31N5O2S2. The van der Waals surface area contributed by atoms with Crippen molar-refractivity contribution in [2.45, 2.75) is 32.9 Å². The number of para-hydroxylation sites is 1. The van der Waals surface area contributed by atoms with E-state index in [0.717, 1.165) is 72.8 Å². The first-order valence-corrected chi connectivity index (χ1v) is 18.5. The molecule has 0 unspecified atom stereocenters. The van der Waals surface area contributed by atoms with Crippen LogP contribution in [-0.4, -0.2) is 15.0 Å². The highest BCUT2D eigenvalue weighted by Crippen LogP contribution is 2.47. The lowest BCUT2D eigenvalue weighted by Crippen LogP contribution is -2.02. The molecular weight excluding hydrogens is 683 g/mol. The Morgan fingerprint density at radius 2 is 1.04 bits per heavy atom. The minimum absolute atomic E-state index is 0.729. The van der Waals surface area contributed by atoms with Crippen LogP contribution < -0.4 is 20.1 Å². The summed E-state index contributed by atoms with van der Waals surface area (Å²) < 4.78 is 12.0. The Morgan fingerprint density at radius 3 is 1.71 bits per heavy atom. The van der Waals surface area contributed by atoms with E-state index in [-0.39, 0.29) is 0 Å². The molecule has 3 aromatic heterocycles. The second-order valence-corrected chi connectivity index (χ2v) is 14.2. The van der Waals surface area contributed by atoms with E-state index in [1.807, 2.05) is 54.7 Å². The number of nitrogens with one attached hydrogen (secondary N) is 2. The fourth-order valence-corrected chi connectivity index (χ4v) is 7.96. The predicted octanol–water partition coefficient (Wildman–Crippen LogP) is 11.6. The minimum Gasteiger partial charge on any atom is -0.453 e. The molecule has 52 heavy (non-hydrogen) atoms. The molecule has 252 valence electrons. The molecule has 0 saturated heterocycles. The van der Waals surface area contributed by atoms with Crippen molar-refractivity contribution in [3.05, 3.63) is 163 Å². The van der Waals surface area contributed by atoms with Crippen molar-refractivity contribution in [2.24, 2.45) is 0 Å². The molecule has 5 heterocycles. The average Bonchev–Trinajstić information content (AvgIpc) is 3.20. The van der Waals surface area contributed by atoms with E-state index in [1.165, 1.54) is 27.3 Å². The van der Waals surface area contributed by atoms with E-state index in [0.29, 0.717) is 0 Å². The van der Waals surface area contributed by atoms with Crippen LogP contribution in [0.2, 0.25) is 0 Å². The van der Waals surface area contributed by atoms with Crippen LogP contribution in [0.3, 0.4) is 0 Å². The fourth-order valence-electron chi connectivity index (χ4n) is 6.22. The topological polar surface area (TPSA) is 81.2 Å². The molecule has 0 amide bonds. The molecule has 0 saturated carbocycles. The third kappa shape index (κ3) is 6.71. The van der Waals surface area contributed by atoms with Gasteiger partial charge in [-0.2, -0.15) is 0 Å². The Balaban J connectivity index is 0.000000138. The SMILES string of the molecule is c1cnc2c(c1)Oc1cc(NCc3cccc4ccccc34)ccc1S2.c1cnc2c(c1)Oc1cc(NCc3ccnc4ccccc34)ccc1S2. The molecule has 0 atom stereocenters. The normalized spacial score (nSPS) is 12.2. The highest BCUT2D eigenvalue weighted by atomic mass is 32.2. The first-order valence-electron chi connectivity index (χ1n) is 16.9. The zero-order chi connectivity index (χ0) is 34.7. The maximum Gasteiger partial charge on any atom is 0.160 e. The first kappa shape index (κ1) is 31.9. The summed E-state index contributed by atoms with van der Waals surface area (Å²) >= 11 is 3.28. The van der Waals surface area contributed by atoms with Crippen LogP contribution >= 0.6 is 23.5 Å². The van der Waals surface area contributed by atoms with Crippen LogP contribution in [0.15, 0.2) is 172 Å². The lowest BCUT2D eigenvalue weighted by atomic mass is 10.0. The van der Waals surface area contributed by atoms with Crippen LogP contribution in [0.5, 0.6) is 23.0 Å². The number of fused-ring (bicyclic) bond motifs is 6. The Kier molecular flexibility index (Phi) is 8.78. The molecule has 5 aromatic carbocycles. The molecule has 9 heteroatoms. The van der Waals surface area contributed by atoms with Gasteiger partial charge in [-0.3, -0.25) is 4.98 Å². The number of rotatable bonds is 6. The van der Waals surface area contributed by atoms with E-state index >= 15 is 0 Å². The predicted molar refractivity (Wildman–Crippen MR) is 210 cm³/mol. The standard InChI is InChI=1S/C22H16N2OS.C21H15N3OS/c1-2-8-18-15(5-1)6-3-7-16(18)14-24-17-10-11-21-20(13-17)25-19-9-4-12-23-22(19)26-21;1-2-5-17-16(4-1)14(9-11-22-17)13-24-15-7-8-20-19(12-15)25-18-6-3-10-23-21(18)26-20/h1-13,24H,14H2;1-12,24H,13H2. The van der Waals surface area contributed by atoms with Gasteiger partial charge in [-0.25, -0.2) is 9.97 Å². The highest BCUT2D eigenvalue weighted by Gasteiger charge is 2.20. The van der Waals surface area contributed by atoms with Crippen molar-refractivity contribution in [3.8, 4) is 23.0 Å². The summed E-state index contributed by atoms with van der Waals surface area (Å²) in [5.41, 5.74) is 5.59. The third-order valence-electron chi connectivity index (χ3n) is 8.80. The fraction of sp³-hybridized carbons (Fsp3) is 0.0465. The zero-order valence-corrected chi connectivity index (χ0v) is 29.5. The monoisotopic (exact) mass is 713 g/mol. The summed E-state index contributed by atoms with van der Waals surface area (Å²) in [5.74, 6) is 3.36. The summed E-state index contributed by atoms with van der Waals surface area (Å²) in [4.78, 5) is 15.3. The molecule has 0 spiro atoms. The summed E-state index contributed by atoms with van der Waals surface area (Å²) in [6.45, 7) is 1.50. The lowest BCUT2D eigenvalue weighted by Gasteiger charge is -2.19. The van der Waals surface area contributed by atoms with Gasteiger partial charge in [0.15, 0.2) is 11.5 Å². The number of ether oxygens (including phenoxy) is 2. The maximum absolute atomic E-state index is 6.02. The van der Waals surface area contributed by atoms with E-state index < -0.39 is 0 Å². The molecule has 2 aliphatic heterocycles. The summed E-state index contributed by atoms with van der Waals surface area (Å²) in [7, 11) is 0. The molecule has 0 fully saturated rings. The second-order valence-electron chi connectivity index (χ2n) is 12.2. The number of pyridine rings is 3. The molecule has 2 aliphatic rings. The summed E-state index contributed by atoms with van der Waals surface area (Å²) in [5, 5.41) is 12.6. The molecule has 0 aliphatic carbocycles. The highest BCUT2D eigenvalue weighted by molar-refractivity contribution is 7.99. The summed E-state index contributed by atoms with van der Waals surface area (Å²) in [6, 6.07) is 45.3. The van der Waals surface area contributed by atoms with Crippen molar-refractivity contribution in [1.29, 1.82) is 0 Å². The molecule has 10 rings (SSSR count). The smallest absolute Gasteiger partial charge is 0.160 e. The Hall–Kier alpha value is -6.03. The van der Waals surface area contributed by atoms with Gasteiger partial charge in [0, 0.05) is 60.6 Å². The van der Waals surface area contributed by atoms with Crippen LogP contribution in [0.25, 0.3) is 21.7 Å². The first-order chi connectivity index (χ1) is 25.7. The van der Waals surface area contributed by atoms with Crippen LogP contribution in [0.4, 0.5) is 11.4 Å². The van der Waals surface area contributed by atoms with Crippen LogP contribution in [0, 0.1) is 0 Å². The van der Waals surface area contributed by atoms with Crippen molar-refractivity contribution >= 4 is 56.6 Å². The van der Waals surface area contributed by atoms with Gasteiger partial charge in [0.25, 0.3) is 0 Å². The van der Waals surface area contributed by atoms with Crippen molar-refractivity contribution in [1.82, 2.24) is 15.0 Å². The van der Waals surface area contributed by atoms with E-state index in [4.69, 9.17) is 9.47 Å². The minimum atomic E-state index is 0.729. The van der Waals surface area contributed by atoms with E-state index in [9.17, 15) is 0 Å². The molecule has 7 nitrogen and oxygen atoms in total.